The fourth-order valence-corrected chi connectivity index (χ4v) is 2.13. The maximum absolute atomic E-state index is 5.69. The van der Waals surface area contributed by atoms with Crippen molar-refractivity contribution in [1.29, 1.82) is 0 Å². The van der Waals surface area contributed by atoms with Gasteiger partial charge in [-0.3, -0.25) is 4.90 Å². The van der Waals surface area contributed by atoms with E-state index in [2.05, 4.69) is 27.9 Å². The van der Waals surface area contributed by atoms with E-state index in [9.17, 15) is 0 Å². The van der Waals surface area contributed by atoms with Gasteiger partial charge in [0.05, 0.1) is 12.7 Å². The van der Waals surface area contributed by atoms with Gasteiger partial charge in [-0.25, -0.2) is 0 Å². The Kier molecular flexibility index (Phi) is 3.17. The second-order valence-corrected chi connectivity index (χ2v) is 4.59. The lowest BCUT2D eigenvalue weighted by Gasteiger charge is -2.14. The summed E-state index contributed by atoms with van der Waals surface area (Å²) in [6.45, 7) is 2.53. The van der Waals surface area contributed by atoms with Crippen LogP contribution >= 0.6 is 15.9 Å². The number of hydrogen-bond donors (Lipinski definition) is 0. The molecular weight excluding hydrogens is 258 g/mol. The van der Waals surface area contributed by atoms with Gasteiger partial charge in [0.2, 0.25) is 0 Å². The quantitative estimate of drug-likeness (QED) is 0.783. The molecule has 2 rings (SSSR count). The predicted octanol–water partition coefficient (Wildman–Crippen LogP) is 2.28. The van der Waals surface area contributed by atoms with Crippen molar-refractivity contribution in [1.82, 2.24) is 4.90 Å². The Morgan fingerprint density at radius 2 is 2.27 bits per heavy atom. The van der Waals surface area contributed by atoms with Crippen LogP contribution in [-0.4, -0.2) is 32.2 Å². The van der Waals surface area contributed by atoms with Crippen LogP contribution < -0.4 is 9.47 Å². The Morgan fingerprint density at radius 1 is 1.47 bits per heavy atom. The zero-order chi connectivity index (χ0) is 10.8. The molecule has 0 fully saturated rings. The second-order valence-electron chi connectivity index (χ2n) is 3.67. The number of halogens is 1. The van der Waals surface area contributed by atoms with Crippen LogP contribution in [0.5, 0.6) is 11.5 Å². The summed E-state index contributed by atoms with van der Waals surface area (Å²) >= 11 is 3.45. The standard InChI is InChI=1S/C11H14BrNO2/c1-13-3-4-15-11-6-8(12)5-10(14-2)9(11)7-13/h5-6H,3-4,7H2,1-2H3. The maximum atomic E-state index is 5.69. The van der Waals surface area contributed by atoms with Gasteiger partial charge in [-0.2, -0.15) is 0 Å². The van der Waals surface area contributed by atoms with Crippen LogP contribution in [0.15, 0.2) is 16.6 Å². The highest BCUT2D eigenvalue weighted by atomic mass is 79.9. The van der Waals surface area contributed by atoms with Crippen LogP contribution in [-0.2, 0) is 6.54 Å². The molecule has 1 aliphatic heterocycles. The van der Waals surface area contributed by atoms with Gasteiger partial charge in [0.15, 0.2) is 0 Å². The molecule has 0 unspecified atom stereocenters. The van der Waals surface area contributed by atoms with Gasteiger partial charge in [-0.05, 0) is 19.2 Å². The fourth-order valence-electron chi connectivity index (χ4n) is 1.71. The minimum absolute atomic E-state index is 0.725. The summed E-state index contributed by atoms with van der Waals surface area (Å²) in [4.78, 5) is 2.22. The van der Waals surface area contributed by atoms with Gasteiger partial charge in [-0.1, -0.05) is 15.9 Å². The molecule has 3 nitrogen and oxygen atoms in total. The van der Waals surface area contributed by atoms with Crippen molar-refractivity contribution < 1.29 is 9.47 Å². The normalized spacial score (nSPS) is 16.5. The van der Waals surface area contributed by atoms with E-state index in [0.29, 0.717) is 0 Å². The lowest BCUT2D eigenvalue weighted by molar-refractivity contribution is 0.258. The molecule has 0 bridgehead atoms. The molecule has 1 aromatic carbocycles. The topological polar surface area (TPSA) is 21.7 Å². The molecular formula is C11H14BrNO2. The number of fused-ring (bicyclic) bond motifs is 1. The molecule has 0 radical (unpaired) electrons. The van der Waals surface area contributed by atoms with Crippen molar-refractivity contribution >= 4 is 15.9 Å². The number of hydrogen-bond acceptors (Lipinski definition) is 3. The predicted molar refractivity (Wildman–Crippen MR) is 62.5 cm³/mol. The first-order valence-corrected chi connectivity index (χ1v) is 5.68. The van der Waals surface area contributed by atoms with Crippen molar-refractivity contribution in [2.24, 2.45) is 0 Å². The number of rotatable bonds is 1. The summed E-state index contributed by atoms with van der Waals surface area (Å²) in [5, 5.41) is 0. The number of benzene rings is 1. The molecule has 15 heavy (non-hydrogen) atoms. The monoisotopic (exact) mass is 271 g/mol. The number of likely N-dealkylation sites (N-methyl/N-ethyl adjacent to an activating group) is 1. The van der Waals surface area contributed by atoms with Crippen LogP contribution in [0.1, 0.15) is 5.56 Å². The number of methoxy groups -OCH3 is 1. The Hall–Kier alpha value is -0.740. The highest BCUT2D eigenvalue weighted by Crippen LogP contribution is 2.34. The lowest BCUT2D eigenvalue weighted by atomic mass is 10.1. The molecule has 82 valence electrons. The average Bonchev–Trinajstić information content (AvgIpc) is 2.38. The molecule has 0 saturated carbocycles. The molecule has 0 aliphatic carbocycles. The summed E-state index contributed by atoms with van der Waals surface area (Å²) < 4.78 is 12.0. The summed E-state index contributed by atoms with van der Waals surface area (Å²) in [7, 11) is 3.77. The molecule has 0 aromatic heterocycles. The Bertz CT molecular complexity index is 368. The van der Waals surface area contributed by atoms with E-state index in [0.717, 1.165) is 41.2 Å². The van der Waals surface area contributed by atoms with Crippen molar-refractivity contribution in [3.63, 3.8) is 0 Å². The molecule has 0 N–H and O–H groups in total. The third-order valence-electron chi connectivity index (χ3n) is 2.51. The first-order valence-electron chi connectivity index (χ1n) is 4.88. The van der Waals surface area contributed by atoms with E-state index in [1.807, 2.05) is 12.1 Å². The highest BCUT2D eigenvalue weighted by Gasteiger charge is 2.17. The number of ether oxygens (including phenoxy) is 2. The first-order chi connectivity index (χ1) is 7.20. The minimum Gasteiger partial charge on any atom is -0.496 e. The first kappa shape index (κ1) is 10.8. The molecule has 0 spiro atoms. The van der Waals surface area contributed by atoms with E-state index >= 15 is 0 Å². The van der Waals surface area contributed by atoms with Crippen molar-refractivity contribution in [2.75, 3.05) is 27.3 Å². The largest absolute Gasteiger partial charge is 0.496 e. The van der Waals surface area contributed by atoms with E-state index in [1.54, 1.807) is 7.11 Å². The average molecular weight is 272 g/mol. The molecule has 0 atom stereocenters. The Morgan fingerprint density at radius 3 is 3.00 bits per heavy atom. The van der Waals surface area contributed by atoms with Gasteiger partial charge in [-0.15, -0.1) is 0 Å². The highest BCUT2D eigenvalue weighted by molar-refractivity contribution is 9.10. The molecule has 1 aliphatic rings. The van der Waals surface area contributed by atoms with Crippen molar-refractivity contribution in [3.8, 4) is 11.5 Å². The summed E-state index contributed by atoms with van der Waals surface area (Å²) in [6.07, 6.45) is 0. The van der Waals surface area contributed by atoms with Crippen LogP contribution in [0.2, 0.25) is 0 Å². The van der Waals surface area contributed by atoms with E-state index < -0.39 is 0 Å². The lowest BCUT2D eigenvalue weighted by Crippen LogP contribution is -2.20. The zero-order valence-electron chi connectivity index (χ0n) is 8.92. The minimum atomic E-state index is 0.725. The van der Waals surface area contributed by atoms with E-state index in [-0.39, 0.29) is 0 Å². The van der Waals surface area contributed by atoms with Crippen LogP contribution in [0, 0.1) is 0 Å². The molecule has 0 saturated heterocycles. The van der Waals surface area contributed by atoms with Gasteiger partial charge >= 0.3 is 0 Å². The molecule has 4 heteroatoms. The van der Waals surface area contributed by atoms with Crippen molar-refractivity contribution in [2.45, 2.75) is 6.54 Å². The molecule has 1 aromatic rings. The van der Waals surface area contributed by atoms with E-state index in [4.69, 9.17) is 9.47 Å². The van der Waals surface area contributed by atoms with Crippen molar-refractivity contribution in [3.05, 3.63) is 22.2 Å². The molecule has 0 amide bonds. The zero-order valence-corrected chi connectivity index (χ0v) is 10.5. The van der Waals surface area contributed by atoms with Gasteiger partial charge in [0, 0.05) is 17.6 Å². The Labute approximate surface area is 98.1 Å². The number of nitrogens with zero attached hydrogens (tertiary/aromatic N) is 1. The maximum Gasteiger partial charge on any atom is 0.128 e. The summed E-state index contributed by atoms with van der Waals surface area (Å²) in [5.41, 5.74) is 1.13. The second kappa shape index (κ2) is 4.41. The third-order valence-corrected chi connectivity index (χ3v) is 2.97. The smallest absolute Gasteiger partial charge is 0.128 e. The van der Waals surface area contributed by atoms with Crippen LogP contribution in [0.3, 0.4) is 0 Å². The summed E-state index contributed by atoms with van der Waals surface area (Å²) in [5.74, 6) is 1.80. The third kappa shape index (κ3) is 2.26. The van der Waals surface area contributed by atoms with Gasteiger partial charge < -0.3 is 9.47 Å². The van der Waals surface area contributed by atoms with Crippen LogP contribution in [0.25, 0.3) is 0 Å². The van der Waals surface area contributed by atoms with Gasteiger partial charge in [0.1, 0.15) is 18.1 Å². The van der Waals surface area contributed by atoms with Gasteiger partial charge in [0.25, 0.3) is 0 Å². The SMILES string of the molecule is COc1cc(Br)cc2c1CN(C)CCO2. The Balaban J connectivity index is 2.46. The molecule has 1 heterocycles. The van der Waals surface area contributed by atoms with E-state index in [1.165, 1.54) is 0 Å². The van der Waals surface area contributed by atoms with Crippen LogP contribution in [0.4, 0.5) is 0 Å². The summed E-state index contributed by atoms with van der Waals surface area (Å²) in [6, 6.07) is 3.97. The fraction of sp³-hybridized carbons (Fsp3) is 0.455.